The minimum atomic E-state index is -0.892. The third kappa shape index (κ3) is 5.40. The number of fused-ring (bicyclic) bond motifs is 2. The van der Waals surface area contributed by atoms with Crippen LogP contribution in [-0.2, 0) is 4.79 Å². The van der Waals surface area contributed by atoms with Gasteiger partial charge in [0.15, 0.2) is 0 Å². The van der Waals surface area contributed by atoms with Crippen LogP contribution in [0.5, 0.6) is 11.5 Å². The molecule has 2 aliphatic rings. The van der Waals surface area contributed by atoms with Crippen molar-refractivity contribution in [1.29, 1.82) is 5.41 Å². The largest absolute Gasteiger partial charge is 0.496 e. The first-order valence-corrected chi connectivity index (χ1v) is 14.3. The summed E-state index contributed by atoms with van der Waals surface area (Å²) in [6.45, 7) is 12.1. The van der Waals surface area contributed by atoms with Gasteiger partial charge in [0.1, 0.15) is 34.5 Å². The van der Waals surface area contributed by atoms with Gasteiger partial charge in [0.05, 0.1) is 48.5 Å². The van der Waals surface area contributed by atoms with Crippen molar-refractivity contribution < 1.29 is 23.8 Å². The summed E-state index contributed by atoms with van der Waals surface area (Å²) in [7, 11) is 1.47. The highest BCUT2D eigenvalue weighted by Gasteiger charge is 2.39. The fourth-order valence-electron chi connectivity index (χ4n) is 6.02. The molecule has 0 radical (unpaired) electrons. The van der Waals surface area contributed by atoms with Gasteiger partial charge in [-0.05, 0) is 57.5 Å². The van der Waals surface area contributed by atoms with Crippen LogP contribution < -0.4 is 14.8 Å². The summed E-state index contributed by atoms with van der Waals surface area (Å²) < 4.78 is 27.4. The van der Waals surface area contributed by atoms with Crippen molar-refractivity contribution in [2.45, 2.75) is 52.3 Å². The Balaban J connectivity index is 1.74. The molecule has 4 heterocycles. The lowest BCUT2D eigenvalue weighted by Gasteiger charge is -2.48. The predicted molar refractivity (Wildman–Crippen MR) is 163 cm³/mol. The lowest BCUT2D eigenvalue weighted by Crippen LogP contribution is -2.61. The van der Waals surface area contributed by atoms with Gasteiger partial charge in [0, 0.05) is 37.3 Å². The molecule has 226 valence electrons. The average Bonchev–Trinajstić information content (AvgIpc) is 2.97. The van der Waals surface area contributed by atoms with Gasteiger partial charge in [-0.2, -0.15) is 0 Å². The minimum Gasteiger partial charge on any atom is -0.496 e. The van der Waals surface area contributed by atoms with Crippen molar-refractivity contribution >= 4 is 23.2 Å². The van der Waals surface area contributed by atoms with Crippen molar-refractivity contribution in [2.75, 3.05) is 32.1 Å². The molecule has 0 aliphatic carbocycles. The minimum absolute atomic E-state index is 0.151. The average molecular weight is 589 g/mol. The first-order chi connectivity index (χ1) is 20.6. The Bertz CT molecular complexity index is 1590. The van der Waals surface area contributed by atoms with E-state index in [2.05, 4.69) is 16.9 Å². The van der Waals surface area contributed by atoms with Crippen LogP contribution in [0.4, 0.5) is 15.9 Å². The number of hydrogen-bond donors (Lipinski definition) is 3. The summed E-state index contributed by atoms with van der Waals surface area (Å²) in [5, 5.41) is 23.4. The summed E-state index contributed by atoms with van der Waals surface area (Å²) in [6.07, 6.45) is 2.60. The quantitative estimate of drug-likeness (QED) is 0.348. The number of amides is 1. The number of hydrogen-bond acceptors (Lipinski definition) is 8. The van der Waals surface area contributed by atoms with Crippen LogP contribution in [0.25, 0.3) is 11.3 Å². The molecule has 11 heteroatoms. The second-order valence-electron chi connectivity index (χ2n) is 11.0. The molecule has 10 nitrogen and oxygen atoms in total. The molecule has 1 amide bonds. The van der Waals surface area contributed by atoms with Crippen LogP contribution in [0.15, 0.2) is 43.1 Å². The summed E-state index contributed by atoms with van der Waals surface area (Å²) in [5.41, 5.74) is 3.16. The second kappa shape index (κ2) is 12.0. The van der Waals surface area contributed by atoms with Gasteiger partial charge in [0.2, 0.25) is 5.91 Å². The number of aryl methyl sites for hydroxylation is 1. The predicted octanol–water partition coefficient (Wildman–Crippen LogP) is 4.90. The molecule has 3 atom stereocenters. The molecule has 1 saturated heterocycles. The standard InChI is InChI=1S/C32H37FN6O4/c1-7-24(41)38-15-18(3)39-21(16-38)12-14-43-30-19(4)28(25-22(33)9-8-10-23(25)42-6)37-32(26(30)31(39)34)36-27-17(2)11-13-35-29(27)20(5)40/h7-11,13,18,20-21,34,40H,1,12,14-16H2,2-6H3,(H,36,37). The van der Waals surface area contributed by atoms with Crippen molar-refractivity contribution in [2.24, 2.45) is 0 Å². The molecule has 0 bridgehead atoms. The van der Waals surface area contributed by atoms with E-state index >= 15 is 4.39 Å². The number of piperazine rings is 1. The highest BCUT2D eigenvalue weighted by molar-refractivity contribution is 6.06. The molecular weight excluding hydrogens is 551 g/mol. The molecule has 2 aliphatic heterocycles. The van der Waals surface area contributed by atoms with E-state index in [-0.39, 0.29) is 35.2 Å². The van der Waals surface area contributed by atoms with Crippen LogP contribution in [-0.4, -0.2) is 75.5 Å². The molecule has 43 heavy (non-hydrogen) atoms. The number of rotatable bonds is 6. The van der Waals surface area contributed by atoms with E-state index < -0.39 is 11.9 Å². The lowest BCUT2D eigenvalue weighted by atomic mass is 9.96. The molecule has 1 fully saturated rings. The number of aliphatic hydroxyl groups excluding tert-OH is 1. The van der Waals surface area contributed by atoms with Gasteiger partial charge in [-0.1, -0.05) is 12.6 Å². The first kappa shape index (κ1) is 30.0. The fourth-order valence-corrected chi connectivity index (χ4v) is 6.02. The zero-order valence-electron chi connectivity index (χ0n) is 25.1. The maximum atomic E-state index is 15.4. The van der Waals surface area contributed by atoms with E-state index in [0.29, 0.717) is 65.8 Å². The van der Waals surface area contributed by atoms with E-state index in [9.17, 15) is 15.3 Å². The van der Waals surface area contributed by atoms with Crippen LogP contribution in [0.1, 0.15) is 48.8 Å². The summed E-state index contributed by atoms with van der Waals surface area (Å²) in [4.78, 5) is 25.6. The van der Waals surface area contributed by atoms with E-state index in [1.807, 2.05) is 24.8 Å². The molecule has 3 N–H and O–H groups in total. The summed E-state index contributed by atoms with van der Waals surface area (Å²) >= 11 is 0. The molecule has 3 unspecified atom stereocenters. The number of ether oxygens (including phenoxy) is 2. The molecule has 0 saturated carbocycles. The number of anilines is 2. The summed E-state index contributed by atoms with van der Waals surface area (Å²) in [5.74, 6) is 0.465. The van der Waals surface area contributed by atoms with E-state index in [0.717, 1.165) is 5.56 Å². The number of aliphatic hydroxyl groups is 1. The lowest BCUT2D eigenvalue weighted by molar-refractivity contribution is -0.129. The Morgan fingerprint density at radius 3 is 2.77 bits per heavy atom. The molecule has 3 aromatic rings. The zero-order chi connectivity index (χ0) is 31.0. The fraction of sp³-hybridized carbons (Fsp3) is 0.375. The number of carbonyl (C=O) groups is 1. The normalized spacial score (nSPS) is 18.9. The molecule has 2 aromatic heterocycles. The van der Waals surface area contributed by atoms with Crippen LogP contribution in [0.3, 0.4) is 0 Å². The summed E-state index contributed by atoms with van der Waals surface area (Å²) in [6, 6.07) is 6.02. The van der Waals surface area contributed by atoms with Gasteiger partial charge in [-0.25, -0.2) is 9.37 Å². The third-order valence-electron chi connectivity index (χ3n) is 8.11. The number of pyridine rings is 2. The number of halogens is 1. The number of nitrogens with one attached hydrogen (secondary N) is 2. The third-order valence-corrected chi connectivity index (χ3v) is 8.11. The van der Waals surface area contributed by atoms with E-state index in [4.69, 9.17) is 14.5 Å². The van der Waals surface area contributed by atoms with Gasteiger partial charge >= 0.3 is 0 Å². The Labute approximate surface area is 250 Å². The highest BCUT2D eigenvalue weighted by Crippen LogP contribution is 2.43. The number of amidine groups is 1. The molecular formula is C32H37FN6O4. The Morgan fingerprint density at radius 1 is 1.30 bits per heavy atom. The number of benzene rings is 1. The van der Waals surface area contributed by atoms with Crippen molar-refractivity contribution in [3.05, 3.63) is 71.3 Å². The Morgan fingerprint density at radius 2 is 2.07 bits per heavy atom. The number of aromatic nitrogens is 2. The number of carbonyl (C=O) groups excluding carboxylic acids is 1. The Kier molecular flexibility index (Phi) is 8.36. The van der Waals surface area contributed by atoms with Crippen LogP contribution in [0.2, 0.25) is 0 Å². The van der Waals surface area contributed by atoms with Gasteiger partial charge in [-0.15, -0.1) is 0 Å². The number of methoxy groups -OCH3 is 1. The first-order valence-electron chi connectivity index (χ1n) is 14.3. The van der Waals surface area contributed by atoms with Crippen LogP contribution >= 0.6 is 0 Å². The molecule has 5 rings (SSSR count). The second-order valence-corrected chi connectivity index (χ2v) is 11.0. The highest BCUT2D eigenvalue weighted by atomic mass is 19.1. The van der Waals surface area contributed by atoms with Crippen molar-refractivity contribution in [3.63, 3.8) is 0 Å². The van der Waals surface area contributed by atoms with E-state index in [1.54, 1.807) is 37.1 Å². The Hall–Kier alpha value is -4.51. The maximum Gasteiger partial charge on any atom is 0.246 e. The van der Waals surface area contributed by atoms with Gasteiger partial charge in [0.25, 0.3) is 0 Å². The van der Waals surface area contributed by atoms with Gasteiger partial charge < -0.3 is 29.7 Å². The monoisotopic (exact) mass is 588 g/mol. The van der Waals surface area contributed by atoms with Crippen molar-refractivity contribution in [1.82, 2.24) is 19.8 Å². The van der Waals surface area contributed by atoms with Crippen molar-refractivity contribution in [3.8, 4) is 22.8 Å². The number of nitrogens with zero attached hydrogens (tertiary/aromatic N) is 4. The SMILES string of the molecule is C=CC(=O)N1CC(C)N2C(=N)c3c(Nc4c(C)ccnc4C(C)O)nc(-c4c(F)cccc4OC)c(C)c3OCCC2C1. The van der Waals surface area contributed by atoms with Crippen LogP contribution in [0, 0.1) is 25.1 Å². The topological polar surface area (TPSA) is 124 Å². The molecule has 1 aromatic carbocycles. The zero-order valence-corrected chi connectivity index (χ0v) is 25.1. The van der Waals surface area contributed by atoms with E-state index in [1.165, 1.54) is 19.3 Å². The smallest absolute Gasteiger partial charge is 0.246 e. The molecule has 0 spiro atoms. The maximum absolute atomic E-state index is 15.4. The van der Waals surface area contributed by atoms with Gasteiger partial charge in [-0.3, -0.25) is 15.2 Å².